The van der Waals surface area contributed by atoms with Crippen molar-refractivity contribution >= 4 is 34.2 Å². The average Bonchev–Trinajstić information content (AvgIpc) is 3.10. The molecule has 4 aromatic rings. The average molecular weight is 421 g/mol. The Morgan fingerprint density at radius 2 is 1.90 bits per heavy atom. The third kappa shape index (κ3) is 3.74. The number of hydrogen-bond acceptors (Lipinski definition) is 3. The van der Waals surface area contributed by atoms with E-state index < -0.39 is 0 Å². The number of carbonyl (C=O) groups is 1. The van der Waals surface area contributed by atoms with E-state index in [1.807, 2.05) is 56.4 Å². The van der Waals surface area contributed by atoms with Gasteiger partial charge in [-0.1, -0.05) is 48.0 Å². The molecule has 7 heteroatoms. The van der Waals surface area contributed by atoms with Crippen LogP contribution < -0.4 is 10.9 Å². The Hall–Kier alpha value is -3.38. The quantitative estimate of drug-likeness (QED) is 0.517. The summed E-state index contributed by atoms with van der Waals surface area (Å²) in [6.45, 7) is 4.27. The minimum atomic E-state index is -0.247. The second-order valence-corrected chi connectivity index (χ2v) is 7.51. The fourth-order valence-corrected chi connectivity index (χ4v) is 3.64. The number of anilines is 1. The second kappa shape index (κ2) is 8.16. The van der Waals surface area contributed by atoms with E-state index >= 15 is 0 Å². The molecule has 2 aromatic heterocycles. The highest BCUT2D eigenvalue weighted by molar-refractivity contribution is 6.31. The van der Waals surface area contributed by atoms with Gasteiger partial charge in [0.15, 0.2) is 0 Å². The van der Waals surface area contributed by atoms with Crippen molar-refractivity contribution in [1.29, 1.82) is 0 Å². The van der Waals surface area contributed by atoms with E-state index in [0.717, 1.165) is 16.7 Å². The molecule has 0 spiro atoms. The van der Waals surface area contributed by atoms with E-state index in [9.17, 15) is 9.59 Å². The van der Waals surface area contributed by atoms with Crippen LogP contribution in [0.3, 0.4) is 0 Å². The van der Waals surface area contributed by atoms with Gasteiger partial charge in [-0.3, -0.25) is 14.2 Å². The number of fused-ring (bicyclic) bond motifs is 1. The molecule has 0 aliphatic heterocycles. The Labute approximate surface area is 178 Å². The van der Waals surface area contributed by atoms with Gasteiger partial charge in [0.2, 0.25) is 5.91 Å². The Bertz CT molecular complexity index is 1290. The number of carbonyl (C=O) groups excluding carboxylic acids is 1. The van der Waals surface area contributed by atoms with Crippen molar-refractivity contribution in [2.75, 3.05) is 5.32 Å². The minimum absolute atomic E-state index is 0.0140. The standard InChI is InChI=1S/C23H21ClN4O2/c1-3-27-14-25-21-18(16-7-5-4-6-8-16)12-28(22(21)23(27)30)13-20(29)26-19-11-17(24)10-9-15(19)2/h4-12,14H,3,13H2,1-2H3,(H,26,29). The number of rotatable bonds is 5. The Balaban J connectivity index is 1.77. The summed E-state index contributed by atoms with van der Waals surface area (Å²) in [7, 11) is 0. The summed E-state index contributed by atoms with van der Waals surface area (Å²) in [6.07, 6.45) is 3.37. The van der Waals surface area contributed by atoms with Crippen molar-refractivity contribution in [3.8, 4) is 11.1 Å². The molecule has 30 heavy (non-hydrogen) atoms. The molecule has 6 nitrogen and oxygen atoms in total. The largest absolute Gasteiger partial charge is 0.332 e. The third-order valence-electron chi connectivity index (χ3n) is 5.05. The van der Waals surface area contributed by atoms with Gasteiger partial charge in [-0.2, -0.15) is 0 Å². The van der Waals surface area contributed by atoms with Crippen molar-refractivity contribution in [3.63, 3.8) is 0 Å². The first-order valence-corrected chi connectivity index (χ1v) is 10.1. The Kier molecular flexibility index (Phi) is 5.42. The molecule has 152 valence electrons. The molecule has 2 heterocycles. The second-order valence-electron chi connectivity index (χ2n) is 7.08. The van der Waals surface area contributed by atoms with Crippen LogP contribution in [0.5, 0.6) is 0 Å². The van der Waals surface area contributed by atoms with E-state index in [4.69, 9.17) is 11.6 Å². The molecule has 0 atom stereocenters. The first-order chi connectivity index (χ1) is 14.5. The molecular formula is C23H21ClN4O2. The topological polar surface area (TPSA) is 68.9 Å². The van der Waals surface area contributed by atoms with Crippen molar-refractivity contribution < 1.29 is 4.79 Å². The lowest BCUT2D eigenvalue weighted by atomic mass is 10.1. The summed E-state index contributed by atoms with van der Waals surface area (Å²) >= 11 is 6.06. The molecule has 1 N–H and O–H groups in total. The summed E-state index contributed by atoms with van der Waals surface area (Å²) in [4.78, 5) is 30.3. The fourth-order valence-electron chi connectivity index (χ4n) is 3.47. The predicted molar refractivity (Wildman–Crippen MR) is 120 cm³/mol. The van der Waals surface area contributed by atoms with E-state index in [-0.39, 0.29) is 18.0 Å². The highest BCUT2D eigenvalue weighted by Crippen LogP contribution is 2.28. The van der Waals surface area contributed by atoms with Crippen LogP contribution in [0.2, 0.25) is 5.02 Å². The van der Waals surface area contributed by atoms with Gasteiger partial charge in [-0.25, -0.2) is 4.98 Å². The van der Waals surface area contributed by atoms with Crippen LogP contribution in [0.25, 0.3) is 22.2 Å². The van der Waals surface area contributed by atoms with Crippen LogP contribution in [0.4, 0.5) is 5.69 Å². The molecule has 0 radical (unpaired) electrons. The Morgan fingerprint density at radius 1 is 1.13 bits per heavy atom. The molecule has 0 fully saturated rings. The molecule has 2 aromatic carbocycles. The monoisotopic (exact) mass is 420 g/mol. The number of halogens is 1. The number of aromatic nitrogens is 3. The molecular weight excluding hydrogens is 400 g/mol. The molecule has 0 bridgehead atoms. The van der Waals surface area contributed by atoms with Crippen LogP contribution in [0.1, 0.15) is 12.5 Å². The molecule has 0 unspecified atom stereocenters. The SMILES string of the molecule is CCn1cnc2c(-c3ccccc3)cn(CC(=O)Nc3cc(Cl)ccc3C)c2c1=O. The summed E-state index contributed by atoms with van der Waals surface area (Å²) in [5, 5.41) is 3.43. The van der Waals surface area contributed by atoms with Crippen LogP contribution in [0, 0.1) is 6.92 Å². The smallest absolute Gasteiger partial charge is 0.277 e. The number of nitrogens with one attached hydrogen (secondary N) is 1. The fraction of sp³-hybridized carbons (Fsp3) is 0.174. The van der Waals surface area contributed by atoms with Gasteiger partial charge in [-0.15, -0.1) is 0 Å². The van der Waals surface area contributed by atoms with Gasteiger partial charge in [0.1, 0.15) is 17.6 Å². The zero-order valence-corrected chi connectivity index (χ0v) is 17.5. The molecule has 0 saturated carbocycles. The zero-order chi connectivity index (χ0) is 21.3. The van der Waals surface area contributed by atoms with Gasteiger partial charge in [-0.05, 0) is 37.1 Å². The molecule has 0 aliphatic carbocycles. The summed E-state index contributed by atoms with van der Waals surface area (Å²) in [5.41, 5.74) is 4.14. The van der Waals surface area contributed by atoms with Crippen LogP contribution >= 0.6 is 11.6 Å². The highest BCUT2D eigenvalue weighted by Gasteiger charge is 2.18. The van der Waals surface area contributed by atoms with Crippen LogP contribution in [-0.4, -0.2) is 20.0 Å². The lowest BCUT2D eigenvalue weighted by Gasteiger charge is -2.10. The van der Waals surface area contributed by atoms with E-state index in [0.29, 0.717) is 28.3 Å². The zero-order valence-electron chi connectivity index (χ0n) is 16.7. The summed E-state index contributed by atoms with van der Waals surface area (Å²) < 4.78 is 3.21. The number of aryl methyl sites for hydroxylation is 2. The number of benzene rings is 2. The van der Waals surface area contributed by atoms with Crippen molar-refractivity contribution in [2.24, 2.45) is 0 Å². The van der Waals surface area contributed by atoms with Crippen LogP contribution in [0.15, 0.2) is 65.8 Å². The minimum Gasteiger partial charge on any atom is -0.332 e. The molecule has 1 amide bonds. The maximum atomic E-state index is 13.0. The normalized spacial score (nSPS) is 11.0. The third-order valence-corrected chi connectivity index (χ3v) is 5.29. The maximum absolute atomic E-state index is 13.0. The maximum Gasteiger partial charge on any atom is 0.277 e. The van der Waals surface area contributed by atoms with Crippen molar-refractivity contribution in [1.82, 2.24) is 14.1 Å². The van der Waals surface area contributed by atoms with E-state index in [1.54, 1.807) is 23.0 Å². The molecule has 4 rings (SSSR count). The van der Waals surface area contributed by atoms with Gasteiger partial charge in [0.25, 0.3) is 5.56 Å². The lowest BCUT2D eigenvalue weighted by Crippen LogP contribution is -2.24. The molecule has 0 aliphatic rings. The van der Waals surface area contributed by atoms with Crippen molar-refractivity contribution in [2.45, 2.75) is 26.9 Å². The van der Waals surface area contributed by atoms with Crippen LogP contribution in [-0.2, 0) is 17.9 Å². The van der Waals surface area contributed by atoms with Crippen molar-refractivity contribution in [3.05, 3.63) is 82.0 Å². The van der Waals surface area contributed by atoms with Gasteiger partial charge < -0.3 is 9.88 Å². The van der Waals surface area contributed by atoms with E-state index in [2.05, 4.69) is 10.3 Å². The summed E-state index contributed by atoms with van der Waals surface area (Å²) in [6, 6.07) is 15.0. The van der Waals surface area contributed by atoms with Gasteiger partial charge in [0.05, 0.1) is 6.33 Å². The van der Waals surface area contributed by atoms with Gasteiger partial charge in [0, 0.05) is 29.0 Å². The predicted octanol–water partition coefficient (Wildman–Crippen LogP) is 4.49. The number of amides is 1. The highest BCUT2D eigenvalue weighted by atomic mass is 35.5. The van der Waals surface area contributed by atoms with Gasteiger partial charge >= 0.3 is 0 Å². The first-order valence-electron chi connectivity index (χ1n) is 9.67. The Morgan fingerprint density at radius 3 is 2.63 bits per heavy atom. The molecule has 0 saturated heterocycles. The number of hydrogen-bond donors (Lipinski definition) is 1. The summed E-state index contributed by atoms with van der Waals surface area (Å²) in [5.74, 6) is -0.247. The first kappa shape index (κ1) is 19.9. The number of nitrogens with zero attached hydrogens (tertiary/aromatic N) is 3. The van der Waals surface area contributed by atoms with E-state index in [1.165, 1.54) is 4.57 Å². The lowest BCUT2D eigenvalue weighted by molar-refractivity contribution is -0.116.